The lowest BCUT2D eigenvalue weighted by Crippen LogP contribution is -2.47. The zero-order valence-corrected chi connectivity index (χ0v) is 9.87. The summed E-state index contributed by atoms with van der Waals surface area (Å²) in [5.41, 5.74) is 0. The molecule has 0 aromatic carbocycles. The molecule has 1 atom stereocenters. The van der Waals surface area contributed by atoms with Gasteiger partial charge in [0.1, 0.15) is 5.38 Å². The molecule has 2 fully saturated rings. The van der Waals surface area contributed by atoms with Crippen molar-refractivity contribution in [2.24, 2.45) is 0 Å². The third kappa shape index (κ3) is 2.64. The van der Waals surface area contributed by atoms with Crippen LogP contribution in [0.15, 0.2) is 0 Å². The summed E-state index contributed by atoms with van der Waals surface area (Å²) in [6.07, 6.45) is 4.22. The first-order chi connectivity index (χ1) is 7.20. The highest BCUT2D eigenvalue weighted by Crippen LogP contribution is 2.32. The summed E-state index contributed by atoms with van der Waals surface area (Å²) >= 11 is 5.89. The molecule has 15 heavy (non-hydrogen) atoms. The number of ether oxygens (including phenoxy) is 1. The Morgan fingerprint density at radius 2 is 1.80 bits per heavy atom. The molecular weight excluding hydrogens is 214 g/mol. The van der Waals surface area contributed by atoms with Crippen LogP contribution >= 0.6 is 11.6 Å². The quantitative estimate of drug-likeness (QED) is 0.693. The van der Waals surface area contributed by atoms with Gasteiger partial charge in [-0.05, 0) is 32.6 Å². The van der Waals surface area contributed by atoms with Crippen LogP contribution in [0.3, 0.4) is 0 Å². The summed E-state index contributed by atoms with van der Waals surface area (Å²) in [7, 11) is 0. The maximum absolute atomic E-state index is 12.0. The molecule has 4 heteroatoms. The molecule has 0 unspecified atom stereocenters. The molecule has 86 valence electrons. The smallest absolute Gasteiger partial charge is 0.240 e. The zero-order chi connectivity index (χ0) is 10.8. The van der Waals surface area contributed by atoms with Crippen LogP contribution in [0.2, 0.25) is 0 Å². The van der Waals surface area contributed by atoms with Gasteiger partial charge in [-0.2, -0.15) is 0 Å². The van der Waals surface area contributed by atoms with Crippen molar-refractivity contribution in [2.45, 2.75) is 50.1 Å². The standard InChI is InChI=1S/C11H18ClNO2/c1-8(12)11(14)13(9-2-3-9)10-4-6-15-7-5-10/h8-10H,2-7H2,1H3/t8-/m1/s1. The Balaban J connectivity index is 2.01. The fourth-order valence-electron chi connectivity index (χ4n) is 2.18. The Bertz CT molecular complexity index is 235. The molecule has 1 aliphatic heterocycles. The summed E-state index contributed by atoms with van der Waals surface area (Å²) < 4.78 is 5.32. The first-order valence-electron chi connectivity index (χ1n) is 5.74. The molecule has 2 rings (SSSR count). The van der Waals surface area contributed by atoms with Crippen molar-refractivity contribution in [3.8, 4) is 0 Å². The van der Waals surface area contributed by atoms with E-state index in [0.29, 0.717) is 12.1 Å². The molecule has 1 saturated carbocycles. The van der Waals surface area contributed by atoms with E-state index in [1.54, 1.807) is 6.92 Å². The van der Waals surface area contributed by atoms with E-state index in [1.165, 1.54) is 0 Å². The van der Waals surface area contributed by atoms with Crippen LogP contribution < -0.4 is 0 Å². The highest BCUT2D eigenvalue weighted by Gasteiger charge is 2.38. The van der Waals surface area contributed by atoms with E-state index in [4.69, 9.17) is 16.3 Å². The van der Waals surface area contributed by atoms with Crippen LogP contribution in [0.25, 0.3) is 0 Å². The third-order valence-electron chi connectivity index (χ3n) is 3.12. The number of hydrogen-bond acceptors (Lipinski definition) is 2. The minimum atomic E-state index is -0.395. The number of rotatable bonds is 3. The van der Waals surface area contributed by atoms with Gasteiger partial charge in [0, 0.05) is 25.3 Å². The van der Waals surface area contributed by atoms with Gasteiger partial charge in [0.15, 0.2) is 0 Å². The topological polar surface area (TPSA) is 29.5 Å². The van der Waals surface area contributed by atoms with Crippen molar-refractivity contribution in [1.29, 1.82) is 0 Å². The molecule has 1 amide bonds. The largest absolute Gasteiger partial charge is 0.381 e. The average molecular weight is 232 g/mol. The number of halogens is 1. The number of alkyl halides is 1. The Morgan fingerprint density at radius 1 is 1.27 bits per heavy atom. The molecular formula is C11H18ClNO2. The fourth-order valence-corrected chi connectivity index (χ4v) is 2.29. The van der Waals surface area contributed by atoms with Gasteiger partial charge in [0.05, 0.1) is 0 Å². The minimum absolute atomic E-state index is 0.103. The SMILES string of the molecule is C[C@@H](Cl)C(=O)N(C1CCOCC1)C1CC1. The minimum Gasteiger partial charge on any atom is -0.381 e. The van der Waals surface area contributed by atoms with E-state index >= 15 is 0 Å². The molecule has 1 heterocycles. The molecule has 0 aromatic heterocycles. The van der Waals surface area contributed by atoms with Crippen LogP contribution in [0.1, 0.15) is 32.6 Å². The van der Waals surface area contributed by atoms with Crippen LogP contribution in [-0.4, -0.2) is 41.5 Å². The van der Waals surface area contributed by atoms with Crippen LogP contribution in [0, 0.1) is 0 Å². The van der Waals surface area contributed by atoms with Crippen LogP contribution in [-0.2, 0) is 9.53 Å². The molecule has 0 bridgehead atoms. The number of nitrogens with zero attached hydrogens (tertiary/aromatic N) is 1. The molecule has 0 N–H and O–H groups in total. The maximum atomic E-state index is 12.0. The summed E-state index contributed by atoms with van der Waals surface area (Å²) in [5.74, 6) is 0.103. The van der Waals surface area contributed by atoms with Gasteiger partial charge in [0.2, 0.25) is 5.91 Å². The van der Waals surface area contributed by atoms with Gasteiger partial charge < -0.3 is 9.64 Å². The monoisotopic (exact) mass is 231 g/mol. The lowest BCUT2D eigenvalue weighted by molar-refractivity contribution is -0.135. The van der Waals surface area contributed by atoms with Gasteiger partial charge in [0.25, 0.3) is 0 Å². The highest BCUT2D eigenvalue weighted by atomic mass is 35.5. The number of amides is 1. The first-order valence-corrected chi connectivity index (χ1v) is 6.18. The van der Waals surface area contributed by atoms with E-state index in [1.807, 2.05) is 4.90 Å². The van der Waals surface area contributed by atoms with Crippen molar-refractivity contribution in [3.63, 3.8) is 0 Å². The predicted octanol–water partition coefficient (Wildman–Crippen LogP) is 1.78. The molecule has 0 radical (unpaired) electrons. The second-order valence-electron chi connectivity index (χ2n) is 4.44. The second kappa shape index (κ2) is 4.71. The average Bonchev–Trinajstić information content (AvgIpc) is 3.04. The van der Waals surface area contributed by atoms with Gasteiger partial charge in [-0.15, -0.1) is 11.6 Å². The number of carbonyl (C=O) groups is 1. The number of hydrogen-bond donors (Lipinski definition) is 0. The molecule has 0 aromatic rings. The van der Waals surface area contributed by atoms with E-state index in [9.17, 15) is 4.79 Å². The van der Waals surface area contributed by atoms with Crippen LogP contribution in [0.5, 0.6) is 0 Å². The Labute approximate surface area is 95.7 Å². The summed E-state index contributed by atoms with van der Waals surface area (Å²) in [6, 6.07) is 0.821. The number of carbonyl (C=O) groups excluding carboxylic acids is 1. The van der Waals surface area contributed by atoms with Gasteiger partial charge in [-0.3, -0.25) is 4.79 Å². The van der Waals surface area contributed by atoms with Gasteiger partial charge in [-0.1, -0.05) is 0 Å². The molecule has 3 nitrogen and oxygen atoms in total. The third-order valence-corrected chi connectivity index (χ3v) is 3.31. The molecule has 0 spiro atoms. The van der Waals surface area contributed by atoms with E-state index in [2.05, 4.69) is 0 Å². The van der Waals surface area contributed by atoms with Gasteiger partial charge in [-0.25, -0.2) is 0 Å². The van der Waals surface area contributed by atoms with Crippen molar-refractivity contribution in [2.75, 3.05) is 13.2 Å². The van der Waals surface area contributed by atoms with Crippen molar-refractivity contribution in [3.05, 3.63) is 0 Å². The molecule has 1 saturated heterocycles. The Hall–Kier alpha value is -0.280. The van der Waals surface area contributed by atoms with Crippen molar-refractivity contribution in [1.82, 2.24) is 4.90 Å². The van der Waals surface area contributed by atoms with Crippen molar-refractivity contribution >= 4 is 17.5 Å². The highest BCUT2D eigenvalue weighted by molar-refractivity contribution is 6.30. The van der Waals surface area contributed by atoms with E-state index in [0.717, 1.165) is 38.9 Å². The Kier molecular flexibility index (Phi) is 3.52. The summed E-state index contributed by atoms with van der Waals surface area (Å²) in [6.45, 7) is 3.31. The van der Waals surface area contributed by atoms with Crippen molar-refractivity contribution < 1.29 is 9.53 Å². The predicted molar refractivity (Wildman–Crippen MR) is 59.0 cm³/mol. The summed E-state index contributed by atoms with van der Waals surface area (Å²) in [5, 5.41) is -0.395. The second-order valence-corrected chi connectivity index (χ2v) is 5.09. The molecule has 2 aliphatic rings. The van der Waals surface area contributed by atoms with Gasteiger partial charge >= 0.3 is 0 Å². The normalized spacial score (nSPS) is 24.9. The first kappa shape index (κ1) is 11.2. The van der Waals surface area contributed by atoms with Crippen LogP contribution in [0.4, 0.5) is 0 Å². The molecule has 1 aliphatic carbocycles. The van der Waals surface area contributed by atoms with E-state index < -0.39 is 5.38 Å². The fraction of sp³-hybridized carbons (Fsp3) is 0.909. The summed E-state index contributed by atoms with van der Waals surface area (Å²) in [4.78, 5) is 14.0. The maximum Gasteiger partial charge on any atom is 0.240 e. The zero-order valence-electron chi connectivity index (χ0n) is 9.12. The lowest BCUT2D eigenvalue weighted by Gasteiger charge is -2.35. The Morgan fingerprint density at radius 3 is 2.27 bits per heavy atom. The van der Waals surface area contributed by atoms with E-state index in [-0.39, 0.29) is 5.91 Å². The lowest BCUT2D eigenvalue weighted by atomic mass is 10.1.